The van der Waals surface area contributed by atoms with Crippen molar-refractivity contribution in [2.75, 3.05) is 7.11 Å². The summed E-state index contributed by atoms with van der Waals surface area (Å²) in [6.07, 6.45) is 0.412. The van der Waals surface area contributed by atoms with E-state index in [9.17, 15) is 14.7 Å². The fourth-order valence-electron chi connectivity index (χ4n) is 1.46. The van der Waals surface area contributed by atoms with Crippen molar-refractivity contribution in [2.24, 2.45) is 5.10 Å². The van der Waals surface area contributed by atoms with Gasteiger partial charge in [0.2, 0.25) is 0 Å². The van der Waals surface area contributed by atoms with Crippen molar-refractivity contribution in [3.05, 3.63) is 40.2 Å². The van der Waals surface area contributed by atoms with E-state index >= 15 is 0 Å². The number of phenols is 1. The number of carbonyl (C=O) groups excluding carboxylic acids is 1. The second-order valence-corrected chi connectivity index (χ2v) is 3.53. The normalized spacial score (nSPS) is 10.8. The van der Waals surface area contributed by atoms with Crippen molar-refractivity contribution in [1.82, 2.24) is 5.43 Å². The molecule has 1 aromatic carbocycles. The number of ether oxygens (including phenoxy) is 1. The Hall–Kier alpha value is -2.83. The fourth-order valence-corrected chi connectivity index (χ4v) is 1.46. The van der Waals surface area contributed by atoms with Crippen LogP contribution < -0.4 is 11.1 Å². The molecule has 1 amide bonds. The second kappa shape index (κ2) is 5.21. The summed E-state index contributed by atoms with van der Waals surface area (Å²) < 4.78 is 9.33. The van der Waals surface area contributed by atoms with Gasteiger partial charge in [0.25, 0.3) is 0 Å². The average molecular weight is 262 g/mol. The third-order valence-corrected chi connectivity index (χ3v) is 2.34. The number of nitrogens with one attached hydrogen (secondary N) is 1. The molecule has 0 spiro atoms. The molecule has 0 aliphatic carbocycles. The maximum absolute atomic E-state index is 11.2. The third-order valence-electron chi connectivity index (χ3n) is 2.34. The lowest BCUT2D eigenvalue weighted by molar-refractivity contribution is 0.171. The quantitative estimate of drug-likeness (QED) is 0.481. The molecule has 0 saturated carbocycles. The number of phenolic OH excluding ortho intramolecular Hbond substituents is 1. The van der Waals surface area contributed by atoms with Crippen LogP contribution in [0.15, 0.2) is 38.6 Å². The van der Waals surface area contributed by atoms with Gasteiger partial charge >= 0.3 is 11.7 Å². The van der Waals surface area contributed by atoms with Gasteiger partial charge in [0, 0.05) is 11.5 Å². The van der Waals surface area contributed by atoms with Crippen LogP contribution >= 0.6 is 0 Å². The predicted octanol–water partition coefficient (Wildman–Crippen LogP) is 1.19. The summed E-state index contributed by atoms with van der Waals surface area (Å²) in [6.45, 7) is 0. The Balaban J connectivity index is 2.46. The van der Waals surface area contributed by atoms with Gasteiger partial charge in [-0.1, -0.05) is 0 Å². The molecule has 1 aromatic heterocycles. The zero-order chi connectivity index (χ0) is 13.8. The van der Waals surface area contributed by atoms with Crippen molar-refractivity contribution >= 4 is 23.3 Å². The Labute approximate surface area is 107 Å². The summed E-state index contributed by atoms with van der Waals surface area (Å²) in [7, 11) is 1.19. The molecule has 1 heterocycles. The SMILES string of the molecule is COC(=O)N/N=C/c1c(O)ccc2ccc(=O)oc12. The lowest BCUT2D eigenvalue weighted by Gasteiger charge is -2.02. The largest absolute Gasteiger partial charge is 0.507 e. The van der Waals surface area contributed by atoms with Gasteiger partial charge in [-0.15, -0.1) is 0 Å². The third kappa shape index (κ3) is 2.71. The zero-order valence-electron chi connectivity index (χ0n) is 9.91. The summed E-state index contributed by atoms with van der Waals surface area (Å²) in [5, 5.41) is 13.9. The lowest BCUT2D eigenvalue weighted by Crippen LogP contribution is -2.16. The van der Waals surface area contributed by atoms with E-state index in [1.165, 1.54) is 19.2 Å². The maximum Gasteiger partial charge on any atom is 0.427 e. The standard InChI is InChI=1S/C12H10N2O5/c1-18-12(17)14-13-6-8-9(15)4-2-7-3-5-10(16)19-11(7)8/h2-6,15H,1H3,(H,14,17)/b13-6+. The molecule has 0 unspecified atom stereocenters. The van der Waals surface area contributed by atoms with E-state index in [-0.39, 0.29) is 16.9 Å². The van der Waals surface area contributed by atoms with E-state index in [1.54, 1.807) is 12.1 Å². The van der Waals surface area contributed by atoms with Crippen LogP contribution in [0.1, 0.15) is 5.56 Å². The van der Waals surface area contributed by atoms with Crippen molar-refractivity contribution in [2.45, 2.75) is 0 Å². The predicted molar refractivity (Wildman–Crippen MR) is 67.3 cm³/mol. The van der Waals surface area contributed by atoms with Crippen molar-refractivity contribution in [1.29, 1.82) is 0 Å². The summed E-state index contributed by atoms with van der Waals surface area (Å²) in [5.74, 6) is -0.128. The van der Waals surface area contributed by atoms with Gasteiger partial charge < -0.3 is 14.3 Å². The summed E-state index contributed by atoms with van der Waals surface area (Å²) in [5.41, 5.74) is 1.89. The van der Waals surface area contributed by atoms with Crippen LogP contribution in [-0.4, -0.2) is 24.5 Å². The first-order chi connectivity index (χ1) is 9.11. The molecule has 0 aliphatic rings. The fraction of sp³-hybridized carbons (Fsp3) is 0.0833. The molecule has 0 radical (unpaired) electrons. The van der Waals surface area contributed by atoms with E-state index in [0.29, 0.717) is 5.39 Å². The summed E-state index contributed by atoms with van der Waals surface area (Å²) in [4.78, 5) is 22.0. The number of aromatic hydroxyl groups is 1. The molecule has 2 N–H and O–H groups in total. The minimum Gasteiger partial charge on any atom is -0.507 e. The minimum atomic E-state index is -0.752. The van der Waals surface area contributed by atoms with Crippen LogP contribution in [0, 0.1) is 0 Å². The first-order valence-electron chi connectivity index (χ1n) is 5.24. The van der Waals surface area contributed by atoms with Crippen molar-refractivity contribution < 1.29 is 19.1 Å². The highest BCUT2D eigenvalue weighted by Crippen LogP contribution is 2.24. The molecule has 0 atom stereocenters. The number of carbonyl (C=O) groups is 1. The smallest absolute Gasteiger partial charge is 0.427 e. The van der Waals surface area contributed by atoms with E-state index in [4.69, 9.17) is 4.42 Å². The zero-order valence-corrected chi connectivity index (χ0v) is 9.91. The molecule has 7 heteroatoms. The Kier molecular flexibility index (Phi) is 3.46. The Bertz CT molecular complexity index is 705. The average Bonchev–Trinajstić information content (AvgIpc) is 2.41. The number of methoxy groups -OCH3 is 1. The van der Waals surface area contributed by atoms with Gasteiger partial charge in [0.1, 0.15) is 5.75 Å². The summed E-state index contributed by atoms with van der Waals surface area (Å²) >= 11 is 0. The van der Waals surface area contributed by atoms with Crippen LogP contribution in [-0.2, 0) is 4.74 Å². The van der Waals surface area contributed by atoms with E-state index < -0.39 is 11.7 Å². The maximum atomic E-state index is 11.2. The van der Waals surface area contributed by atoms with Gasteiger partial charge in [0.15, 0.2) is 5.58 Å². The number of hydrogen-bond donors (Lipinski definition) is 2. The van der Waals surface area contributed by atoms with Crippen LogP contribution in [0.5, 0.6) is 5.75 Å². The monoisotopic (exact) mass is 262 g/mol. The van der Waals surface area contributed by atoms with Gasteiger partial charge in [-0.2, -0.15) is 5.10 Å². The van der Waals surface area contributed by atoms with E-state index in [2.05, 4.69) is 15.3 Å². The molecular formula is C12H10N2O5. The molecule has 98 valence electrons. The van der Waals surface area contributed by atoms with Crippen molar-refractivity contribution in [3.63, 3.8) is 0 Å². The van der Waals surface area contributed by atoms with Gasteiger partial charge in [0.05, 0.1) is 18.9 Å². The number of hydrazone groups is 1. The number of nitrogens with zero attached hydrogens (tertiary/aromatic N) is 1. The highest BCUT2D eigenvalue weighted by molar-refractivity contribution is 5.99. The van der Waals surface area contributed by atoms with Gasteiger partial charge in [-0.25, -0.2) is 15.0 Å². The number of hydrogen-bond acceptors (Lipinski definition) is 6. The van der Waals surface area contributed by atoms with Gasteiger partial charge in [-0.3, -0.25) is 0 Å². The molecule has 2 aromatic rings. The van der Waals surface area contributed by atoms with E-state index in [1.807, 2.05) is 0 Å². The molecule has 19 heavy (non-hydrogen) atoms. The topological polar surface area (TPSA) is 101 Å². The van der Waals surface area contributed by atoms with Gasteiger partial charge in [-0.05, 0) is 18.2 Å². The van der Waals surface area contributed by atoms with E-state index in [0.717, 1.165) is 6.21 Å². The molecule has 2 rings (SSSR count). The molecule has 7 nitrogen and oxygen atoms in total. The highest BCUT2D eigenvalue weighted by atomic mass is 16.5. The molecule has 0 fully saturated rings. The molecular weight excluding hydrogens is 252 g/mol. The first kappa shape index (κ1) is 12.6. The van der Waals surface area contributed by atoms with Crippen LogP contribution in [0.25, 0.3) is 11.0 Å². The van der Waals surface area contributed by atoms with Crippen LogP contribution in [0.3, 0.4) is 0 Å². The first-order valence-corrected chi connectivity index (χ1v) is 5.24. The lowest BCUT2D eigenvalue weighted by atomic mass is 10.1. The Morgan fingerprint density at radius 3 is 2.89 bits per heavy atom. The second-order valence-electron chi connectivity index (χ2n) is 3.53. The van der Waals surface area contributed by atoms with Crippen LogP contribution in [0.2, 0.25) is 0 Å². The number of benzene rings is 1. The van der Waals surface area contributed by atoms with Crippen molar-refractivity contribution in [3.8, 4) is 5.75 Å². The Morgan fingerprint density at radius 1 is 1.42 bits per heavy atom. The highest BCUT2D eigenvalue weighted by Gasteiger charge is 2.08. The van der Waals surface area contributed by atoms with Crippen LogP contribution in [0.4, 0.5) is 4.79 Å². The number of amides is 1. The number of fused-ring (bicyclic) bond motifs is 1. The Morgan fingerprint density at radius 2 is 2.16 bits per heavy atom. The molecule has 0 saturated heterocycles. The minimum absolute atomic E-state index is 0.128. The molecule has 0 aliphatic heterocycles. The molecule has 0 bridgehead atoms. The summed E-state index contributed by atoms with van der Waals surface area (Å²) in [6, 6.07) is 5.86. The number of rotatable bonds is 2.